The van der Waals surface area contributed by atoms with Crippen molar-refractivity contribution in [2.75, 3.05) is 6.54 Å². The molecule has 27 heavy (non-hydrogen) atoms. The molecule has 8 heteroatoms. The molecule has 2 heterocycles. The highest BCUT2D eigenvalue weighted by molar-refractivity contribution is 7.87. The fourth-order valence-corrected chi connectivity index (χ4v) is 5.27. The van der Waals surface area contributed by atoms with Gasteiger partial charge in [-0.15, -0.1) is 0 Å². The van der Waals surface area contributed by atoms with Gasteiger partial charge in [-0.05, 0) is 41.3 Å². The lowest BCUT2D eigenvalue weighted by Crippen LogP contribution is -2.44. The smallest absolute Gasteiger partial charge is 0.280 e. The fraction of sp³-hybridized carbons (Fsp3) is 0.263. The van der Waals surface area contributed by atoms with Gasteiger partial charge in [0.05, 0.1) is 6.54 Å². The molecule has 142 valence electrons. The number of hydrogen-bond acceptors (Lipinski definition) is 2. The van der Waals surface area contributed by atoms with Crippen LogP contribution >= 0.6 is 23.2 Å². The molecule has 0 spiro atoms. The maximum Gasteiger partial charge on any atom is 0.280 e. The number of aromatic amines is 1. The molecule has 0 fully saturated rings. The van der Waals surface area contributed by atoms with E-state index in [4.69, 9.17) is 23.2 Å². The van der Waals surface area contributed by atoms with Crippen LogP contribution in [0.1, 0.15) is 29.7 Å². The predicted molar refractivity (Wildman–Crippen MR) is 109 cm³/mol. The van der Waals surface area contributed by atoms with E-state index < -0.39 is 10.2 Å². The molecule has 1 aliphatic rings. The van der Waals surface area contributed by atoms with E-state index >= 15 is 0 Å². The topological polar surface area (TPSA) is 65.2 Å². The summed E-state index contributed by atoms with van der Waals surface area (Å²) in [6, 6.07) is 12.9. The summed E-state index contributed by atoms with van der Waals surface area (Å²) in [5, 5.41) is 2.28. The Balaban J connectivity index is 1.59. The Morgan fingerprint density at radius 3 is 2.78 bits per heavy atom. The van der Waals surface area contributed by atoms with E-state index in [1.807, 2.05) is 43.3 Å². The van der Waals surface area contributed by atoms with Gasteiger partial charge in [0, 0.05) is 39.7 Å². The van der Waals surface area contributed by atoms with E-state index in [1.54, 1.807) is 6.07 Å². The molecule has 1 aliphatic heterocycles. The van der Waals surface area contributed by atoms with E-state index in [0.717, 1.165) is 27.7 Å². The summed E-state index contributed by atoms with van der Waals surface area (Å²) in [4.78, 5) is 3.35. The van der Waals surface area contributed by atoms with Crippen molar-refractivity contribution in [1.82, 2.24) is 14.0 Å². The first-order valence-corrected chi connectivity index (χ1v) is 10.8. The minimum Gasteiger partial charge on any atom is -0.357 e. The Labute approximate surface area is 168 Å². The molecular formula is C19H19Cl2N3O2S. The first kappa shape index (κ1) is 18.8. The normalized spacial score (nSPS) is 18.0. The van der Waals surface area contributed by atoms with Gasteiger partial charge in [-0.2, -0.15) is 17.4 Å². The number of rotatable bonds is 4. The number of nitrogens with zero attached hydrogens (tertiary/aromatic N) is 1. The summed E-state index contributed by atoms with van der Waals surface area (Å²) in [5.74, 6) is 0.0536. The summed E-state index contributed by atoms with van der Waals surface area (Å²) in [6.07, 6.45) is 0. The van der Waals surface area contributed by atoms with Gasteiger partial charge in [0.1, 0.15) is 0 Å². The van der Waals surface area contributed by atoms with Crippen molar-refractivity contribution in [2.45, 2.75) is 25.9 Å². The zero-order chi connectivity index (χ0) is 19.2. The number of benzene rings is 2. The second-order valence-electron chi connectivity index (χ2n) is 6.82. The molecule has 5 nitrogen and oxygen atoms in total. The summed E-state index contributed by atoms with van der Waals surface area (Å²) in [5.41, 5.74) is 3.77. The van der Waals surface area contributed by atoms with Crippen LogP contribution in [0, 0.1) is 0 Å². The van der Waals surface area contributed by atoms with Crippen molar-refractivity contribution < 1.29 is 8.42 Å². The molecule has 0 saturated heterocycles. The van der Waals surface area contributed by atoms with Crippen LogP contribution < -0.4 is 4.72 Å². The third kappa shape index (κ3) is 3.60. The monoisotopic (exact) mass is 423 g/mol. The van der Waals surface area contributed by atoms with Gasteiger partial charge in [-0.25, -0.2) is 0 Å². The number of halogens is 2. The van der Waals surface area contributed by atoms with E-state index in [9.17, 15) is 8.42 Å². The van der Waals surface area contributed by atoms with Crippen molar-refractivity contribution in [2.24, 2.45) is 0 Å². The van der Waals surface area contributed by atoms with Crippen molar-refractivity contribution in [1.29, 1.82) is 0 Å². The lowest BCUT2D eigenvalue weighted by atomic mass is 9.95. The van der Waals surface area contributed by atoms with Crippen LogP contribution in [-0.2, 0) is 23.3 Å². The van der Waals surface area contributed by atoms with Crippen LogP contribution in [-0.4, -0.2) is 24.3 Å². The largest absolute Gasteiger partial charge is 0.357 e. The zero-order valence-corrected chi connectivity index (χ0v) is 17.0. The molecule has 0 saturated carbocycles. The first-order valence-electron chi connectivity index (χ1n) is 8.63. The van der Waals surface area contributed by atoms with E-state index in [-0.39, 0.29) is 12.5 Å². The maximum absolute atomic E-state index is 12.8. The van der Waals surface area contributed by atoms with Gasteiger partial charge in [-0.3, -0.25) is 0 Å². The minimum absolute atomic E-state index is 0.0536. The summed E-state index contributed by atoms with van der Waals surface area (Å²) >= 11 is 12.3. The lowest BCUT2D eigenvalue weighted by molar-refractivity contribution is 0.355. The highest BCUT2D eigenvalue weighted by Gasteiger charge is 2.32. The predicted octanol–water partition coefficient (Wildman–Crippen LogP) is 4.43. The van der Waals surface area contributed by atoms with Gasteiger partial charge in [0.25, 0.3) is 10.2 Å². The molecule has 0 amide bonds. The van der Waals surface area contributed by atoms with E-state index in [1.165, 1.54) is 4.31 Å². The SMILES string of the molecule is CC1CN(S(=O)(=O)NCc2ccccc2Cl)Cc2[nH]c3ccc(Cl)cc3c21. The molecule has 0 aliphatic carbocycles. The van der Waals surface area contributed by atoms with Gasteiger partial charge in [-0.1, -0.05) is 48.3 Å². The minimum atomic E-state index is -3.64. The standard InChI is InChI=1S/C19H19Cl2N3O2S/c1-12-10-24(27(25,26)22-9-13-4-2-3-5-16(13)21)11-18-19(12)15-8-14(20)6-7-17(15)23-18/h2-8,12,22-23H,9-11H2,1H3. The zero-order valence-electron chi connectivity index (χ0n) is 14.7. The lowest BCUT2D eigenvalue weighted by Gasteiger charge is -2.30. The number of hydrogen-bond donors (Lipinski definition) is 2. The highest BCUT2D eigenvalue weighted by Crippen LogP contribution is 2.36. The molecule has 4 rings (SSSR count). The van der Waals surface area contributed by atoms with Crippen molar-refractivity contribution in [3.05, 3.63) is 69.3 Å². The van der Waals surface area contributed by atoms with Crippen LogP contribution in [0.3, 0.4) is 0 Å². The average molecular weight is 424 g/mol. The highest BCUT2D eigenvalue weighted by atomic mass is 35.5. The Hall–Kier alpha value is -1.57. The van der Waals surface area contributed by atoms with Gasteiger partial charge in [0.15, 0.2) is 0 Å². The Kier molecular flexibility index (Phi) is 4.94. The Bertz CT molecular complexity index is 1110. The second-order valence-corrected chi connectivity index (χ2v) is 9.42. The van der Waals surface area contributed by atoms with Crippen LogP contribution in [0.25, 0.3) is 10.9 Å². The van der Waals surface area contributed by atoms with Crippen LogP contribution in [0.15, 0.2) is 42.5 Å². The van der Waals surface area contributed by atoms with Crippen LogP contribution in [0.4, 0.5) is 0 Å². The Morgan fingerprint density at radius 2 is 2.00 bits per heavy atom. The molecule has 3 aromatic rings. The third-order valence-electron chi connectivity index (χ3n) is 4.93. The molecule has 0 radical (unpaired) electrons. The van der Waals surface area contributed by atoms with Crippen molar-refractivity contribution in [3.8, 4) is 0 Å². The molecule has 1 atom stereocenters. The van der Waals surface area contributed by atoms with Gasteiger partial charge < -0.3 is 4.98 Å². The average Bonchev–Trinajstić information content (AvgIpc) is 2.99. The number of fused-ring (bicyclic) bond motifs is 3. The molecule has 1 aromatic heterocycles. The molecule has 2 aromatic carbocycles. The van der Waals surface area contributed by atoms with Crippen molar-refractivity contribution in [3.63, 3.8) is 0 Å². The summed E-state index contributed by atoms with van der Waals surface area (Å²) in [6.45, 7) is 2.89. The van der Waals surface area contributed by atoms with Gasteiger partial charge in [0.2, 0.25) is 0 Å². The number of H-pyrrole nitrogens is 1. The quantitative estimate of drug-likeness (QED) is 0.651. The number of nitrogens with one attached hydrogen (secondary N) is 2. The molecule has 0 bridgehead atoms. The van der Waals surface area contributed by atoms with E-state index in [0.29, 0.717) is 23.1 Å². The fourth-order valence-electron chi connectivity index (χ4n) is 3.65. The molecule has 2 N–H and O–H groups in total. The third-order valence-corrected chi connectivity index (χ3v) is 7.00. The second kappa shape index (κ2) is 7.11. The molecular weight excluding hydrogens is 405 g/mol. The Morgan fingerprint density at radius 1 is 1.22 bits per heavy atom. The van der Waals surface area contributed by atoms with Crippen LogP contribution in [0.5, 0.6) is 0 Å². The van der Waals surface area contributed by atoms with E-state index in [2.05, 4.69) is 9.71 Å². The maximum atomic E-state index is 12.8. The number of aromatic nitrogens is 1. The van der Waals surface area contributed by atoms with Crippen LogP contribution in [0.2, 0.25) is 10.0 Å². The summed E-state index contributed by atoms with van der Waals surface area (Å²) in [7, 11) is -3.64. The van der Waals surface area contributed by atoms with Gasteiger partial charge >= 0.3 is 0 Å². The van der Waals surface area contributed by atoms with Crippen molar-refractivity contribution >= 4 is 44.3 Å². The molecule has 1 unspecified atom stereocenters. The summed E-state index contributed by atoms with van der Waals surface area (Å²) < 4.78 is 29.8. The first-order chi connectivity index (χ1) is 12.8.